The molecule has 3 nitrogen and oxygen atoms in total. The molecular formula is C15H30O3. The zero-order valence-electron chi connectivity index (χ0n) is 12.1. The van der Waals surface area contributed by atoms with E-state index in [0.717, 1.165) is 38.5 Å². The summed E-state index contributed by atoms with van der Waals surface area (Å²) in [4.78, 5) is 10.9. The summed E-state index contributed by atoms with van der Waals surface area (Å²) < 4.78 is 4.59. The highest BCUT2D eigenvalue weighted by atomic mass is 16.5. The fourth-order valence-corrected chi connectivity index (χ4v) is 2.11. The minimum Gasteiger partial charge on any atom is -0.469 e. The van der Waals surface area contributed by atoms with Gasteiger partial charge in [0.2, 0.25) is 0 Å². The maximum absolute atomic E-state index is 10.9. The van der Waals surface area contributed by atoms with Crippen molar-refractivity contribution in [3.05, 3.63) is 0 Å². The molecule has 0 aliphatic carbocycles. The van der Waals surface area contributed by atoms with E-state index in [9.17, 15) is 9.90 Å². The van der Waals surface area contributed by atoms with Gasteiger partial charge in [-0.1, -0.05) is 51.9 Å². The molecule has 0 aliphatic heterocycles. The normalized spacial score (nSPS) is 12.4. The number of unbranched alkanes of at least 4 members (excludes halogenated alkanes) is 6. The Balaban J connectivity index is 3.09. The van der Waals surface area contributed by atoms with Gasteiger partial charge in [0.1, 0.15) is 0 Å². The smallest absolute Gasteiger partial charge is 0.305 e. The molecule has 18 heavy (non-hydrogen) atoms. The van der Waals surface area contributed by atoms with Gasteiger partial charge in [-0.2, -0.15) is 0 Å². The van der Waals surface area contributed by atoms with Crippen LogP contribution in [0.15, 0.2) is 0 Å². The molecular weight excluding hydrogens is 228 g/mol. The lowest BCUT2D eigenvalue weighted by molar-refractivity contribution is -0.140. The molecule has 1 N–H and O–H groups in total. The Kier molecular flexibility index (Phi) is 12.5. The van der Waals surface area contributed by atoms with Crippen LogP contribution < -0.4 is 0 Å². The molecule has 0 spiro atoms. The van der Waals surface area contributed by atoms with E-state index < -0.39 is 0 Å². The largest absolute Gasteiger partial charge is 0.469 e. The van der Waals surface area contributed by atoms with Gasteiger partial charge < -0.3 is 9.84 Å². The number of aliphatic hydroxyl groups is 1. The quantitative estimate of drug-likeness (QED) is 0.427. The van der Waals surface area contributed by atoms with Crippen LogP contribution in [0, 0.1) is 0 Å². The first-order valence-electron chi connectivity index (χ1n) is 7.45. The number of aliphatic hydroxyl groups excluding tert-OH is 1. The second-order valence-electron chi connectivity index (χ2n) is 5.03. The van der Waals surface area contributed by atoms with Gasteiger partial charge in [-0.05, 0) is 19.3 Å². The summed E-state index contributed by atoms with van der Waals surface area (Å²) in [6, 6.07) is 0. The Morgan fingerprint density at radius 3 is 2.11 bits per heavy atom. The molecule has 0 aliphatic rings. The lowest BCUT2D eigenvalue weighted by Crippen LogP contribution is -2.04. The van der Waals surface area contributed by atoms with Gasteiger partial charge in [0.15, 0.2) is 0 Å². The van der Waals surface area contributed by atoms with Crippen LogP contribution in [0.2, 0.25) is 0 Å². The molecule has 108 valence electrons. The van der Waals surface area contributed by atoms with E-state index in [2.05, 4.69) is 11.7 Å². The van der Waals surface area contributed by atoms with Gasteiger partial charge in [-0.15, -0.1) is 0 Å². The van der Waals surface area contributed by atoms with Gasteiger partial charge in [-0.3, -0.25) is 4.79 Å². The van der Waals surface area contributed by atoms with Crippen LogP contribution in [-0.2, 0) is 9.53 Å². The van der Waals surface area contributed by atoms with E-state index in [1.54, 1.807) is 0 Å². The summed E-state index contributed by atoms with van der Waals surface area (Å²) >= 11 is 0. The van der Waals surface area contributed by atoms with Crippen LogP contribution in [0.4, 0.5) is 0 Å². The molecule has 0 heterocycles. The number of carbonyl (C=O) groups excluding carboxylic acids is 1. The van der Waals surface area contributed by atoms with Gasteiger partial charge in [0.05, 0.1) is 13.2 Å². The highest BCUT2D eigenvalue weighted by Crippen LogP contribution is 2.12. The fourth-order valence-electron chi connectivity index (χ4n) is 2.11. The SMILES string of the molecule is CCC[C@@H](O)CCCCCCCCCC(=O)OC. The highest BCUT2D eigenvalue weighted by molar-refractivity contribution is 5.68. The monoisotopic (exact) mass is 258 g/mol. The second-order valence-corrected chi connectivity index (χ2v) is 5.03. The molecule has 0 rings (SSSR count). The molecule has 0 amide bonds. The molecule has 0 saturated heterocycles. The number of esters is 1. The predicted molar refractivity (Wildman–Crippen MR) is 74.5 cm³/mol. The molecule has 0 aromatic rings. The van der Waals surface area contributed by atoms with Gasteiger partial charge >= 0.3 is 5.97 Å². The van der Waals surface area contributed by atoms with Crippen molar-refractivity contribution in [2.75, 3.05) is 7.11 Å². The summed E-state index contributed by atoms with van der Waals surface area (Å²) in [7, 11) is 1.44. The highest BCUT2D eigenvalue weighted by Gasteiger charge is 2.02. The minimum absolute atomic E-state index is 0.0879. The molecule has 0 aromatic heterocycles. The molecule has 0 bridgehead atoms. The van der Waals surface area contributed by atoms with E-state index in [0.29, 0.717) is 6.42 Å². The van der Waals surface area contributed by atoms with Crippen LogP contribution in [0.25, 0.3) is 0 Å². The Morgan fingerprint density at radius 2 is 1.56 bits per heavy atom. The first-order valence-corrected chi connectivity index (χ1v) is 7.45. The lowest BCUT2D eigenvalue weighted by atomic mass is 10.0. The lowest BCUT2D eigenvalue weighted by Gasteiger charge is -2.08. The number of methoxy groups -OCH3 is 1. The Hall–Kier alpha value is -0.570. The molecule has 1 atom stereocenters. The summed E-state index contributed by atoms with van der Waals surface area (Å²) in [6.45, 7) is 2.11. The van der Waals surface area contributed by atoms with Crippen molar-refractivity contribution in [2.24, 2.45) is 0 Å². The van der Waals surface area contributed by atoms with E-state index in [1.165, 1.54) is 32.8 Å². The van der Waals surface area contributed by atoms with Crippen LogP contribution in [-0.4, -0.2) is 24.3 Å². The van der Waals surface area contributed by atoms with Crippen molar-refractivity contribution in [3.63, 3.8) is 0 Å². The molecule has 0 saturated carbocycles. The number of rotatable bonds is 12. The first kappa shape index (κ1) is 17.4. The minimum atomic E-state index is -0.0973. The summed E-state index contributed by atoms with van der Waals surface area (Å²) in [5.41, 5.74) is 0. The van der Waals surface area contributed by atoms with E-state index in [-0.39, 0.29) is 12.1 Å². The number of carbonyl (C=O) groups is 1. The predicted octanol–water partition coefficient (Wildman–Crippen LogP) is 3.83. The number of ether oxygens (including phenoxy) is 1. The molecule has 0 radical (unpaired) electrons. The van der Waals surface area contributed by atoms with Crippen LogP contribution >= 0.6 is 0 Å². The Labute approximate surface area is 112 Å². The zero-order valence-corrected chi connectivity index (χ0v) is 12.1. The topological polar surface area (TPSA) is 46.5 Å². The Morgan fingerprint density at radius 1 is 1.00 bits per heavy atom. The van der Waals surface area contributed by atoms with Crippen molar-refractivity contribution in [3.8, 4) is 0 Å². The van der Waals surface area contributed by atoms with Crippen LogP contribution in [0.3, 0.4) is 0 Å². The molecule has 0 aromatic carbocycles. The number of hydrogen-bond acceptors (Lipinski definition) is 3. The summed E-state index contributed by atoms with van der Waals surface area (Å²) in [5.74, 6) is -0.0973. The maximum Gasteiger partial charge on any atom is 0.305 e. The molecule has 3 heteroatoms. The average Bonchev–Trinajstić information content (AvgIpc) is 2.36. The van der Waals surface area contributed by atoms with Crippen molar-refractivity contribution < 1.29 is 14.6 Å². The summed E-state index contributed by atoms with van der Waals surface area (Å²) in [5, 5.41) is 9.55. The van der Waals surface area contributed by atoms with Crippen molar-refractivity contribution in [2.45, 2.75) is 83.7 Å². The zero-order chi connectivity index (χ0) is 13.6. The van der Waals surface area contributed by atoms with Crippen molar-refractivity contribution in [1.82, 2.24) is 0 Å². The standard InChI is InChI=1S/C15H30O3/c1-3-11-14(16)12-9-7-5-4-6-8-10-13-15(17)18-2/h14,16H,3-13H2,1-2H3/t14-/m1/s1. The number of hydrogen-bond donors (Lipinski definition) is 1. The molecule has 0 unspecified atom stereocenters. The average molecular weight is 258 g/mol. The molecule has 0 fully saturated rings. The van der Waals surface area contributed by atoms with E-state index in [1.807, 2.05) is 0 Å². The first-order chi connectivity index (χ1) is 8.70. The van der Waals surface area contributed by atoms with Crippen LogP contribution in [0.5, 0.6) is 0 Å². The Bertz CT molecular complexity index is 192. The van der Waals surface area contributed by atoms with E-state index >= 15 is 0 Å². The maximum atomic E-state index is 10.9. The van der Waals surface area contributed by atoms with Gasteiger partial charge in [0.25, 0.3) is 0 Å². The van der Waals surface area contributed by atoms with E-state index in [4.69, 9.17) is 0 Å². The van der Waals surface area contributed by atoms with Crippen molar-refractivity contribution in [1.29, 1.82) is 0 Å². The third kappa shape index (κ3) is 11.9. The van der Waals surface area contributed by atoms with Gasteiger partial charge in [-0.25, -0.2) is 0 Å². The van der Waals surface area contributed by atoms with Gasteiger partial charge in [0, 0.05) is 6.42 Å². The van der Waals surface area contributed by atoms with Crippen molar-refractivity contribution >= 4 is 5.97 Å². The second kappa shape index (κ2) is 12.9. The third-order valence-corrected chi connectivity index (χ3v) is 3.27. The third-order valence-electron chi connectivity index (χ3n) is 3.27. The van der Waals surface area contributed by atoms with Crippen LogP contribution in [0.1, 0.15) is 77.6 Å². The summed E-state index contributed by atoms with van der Waals surface area (Å²) in [6.07, 6.45) is 11.5. The fraction of sp³-hybridized carbons (Fsp3) is 0.933.